The van der Waals surface area contributed by atoms with E-state index in [0.29, 0.717) is 18.7 Å². The minimum atomic E-state index is -0.820. The van der Waals surface area contributed by atoms with Gasteiger partial charge in [0.1, 0.15) is 5.82 Å². The normalized spacial score (nSPS) is 13.5. The van der Waals surface area contributed by atoms with Crippen molar-refractivity contribution in [2.24, 2.45) is 5.41 Å². The topological polar surface area (TPSA) is 41.5 Å². The van der Waals surface area contributed by atoms with Crippen LogP contribution in [-0.2, 0) is 4.74 Å². The van der Waals surface area contributed by atoms with Gasteiger partial charge in [-0.25, -0.2) is 4.39 Å². The predicted molar refractivity (Wildman–Crippen MR) is 74.5 cm³/mol. The summed E-state index contributed by atoms with van der Waals surface area (Å²) >= 11 is 0. The monoisotopic (exact) mass is 269 g/mol. The lowest BCUT2D eigenvalue weighted by Crippen LogP contribution is -2.33. The van der Waals surface area contributed by atoms with E-state index in [1.54, 1.807) is 25.3 Å². The predicted octanol–water partition coefficient (Wildman–Crippen LogP) is 2.51. The Labute approximate surface area is 114 Å². The van der Waals surface area contributed by atoms with E-state index in [1.165, 1.54) is 6.07 Å². The molecule has 0 bridgehead atoms. The number of methoxy groups -OCH3 is 1. The summed E-state index contributed by atoms with van der Waals surface area (Å²) in [6, 6.07) is 6.32. The van der Waals surface area contributed by atoms with E-state index in [1.807, 2.05) is 0 Å². The average Bonchev–Trinajstić information content (AvgIpc) is 2.36. The Balaban J connectivity index is 2.39. The van der Waals surface area contributed by atoms with Crippen LogP contribution in [0, 0.1) is 11.2 Å². The van der Waals surface area contributed by atoms with Gasteiger partial charge in [0.05, 0.1) is 6.10 Å². The molecule has 0 aliphatic rings. The Morgan fingerprint density at radius 1 is 1.37 bits per heavy atom. The van der Waals surface area contributed by atoms with Crippen LogP contribution in [0.1, 0.15) is 31.9 Å². The average molecular weight is 269 g/mol. The summed E-state index contributed by atoms with van der Waals surface area (Å²) in [5.74, 6) is -0.365. The summed E-state index contributed by atoms with van der Waals surface area (Å²) < 4.78 is 18.5. The maximum Gasteiger partial charge on any atom is 0.129 e. The lowest BCUT2D eigenvalue weighted by Gasteiger charge is -2.25. The Morgan fingerprint density at radius 3 is 2.68 bits per heavy atom. The van der Waals surface area contributed by atoms with E-state index in [-0.39, 0.29) is 11.2 Å². The second-order valence-electron chi connectivity index (χ2n) is 5.58. The van der Waals surface area contributed by atoms with E-state index in [0.717, 1.165) is 13.0 Å². The first-order valence-corrected chi connectivity index (χ1v) is 6.58. The van der Waals surface area contributed by atoms with Gasteiger partial charge < -0.3 is 15.2 Å². The molecule has 2 N–H and O–H groups in total. The summed E-state index contributed by atoms with van der Waals surface area (Å²) in [6.07, 6.45) is 0.117. The number of nitrogens with one attached hydrogen (secondary N) is 1. The van der Waals surface area contributed by atoms with Gasteiger partial charge in [-0.05, 0) is 17.9 Å². The van der Waals surface area contributed by atoms with Crippen LogP contribution in [0.4, 0.5) is 4.39 Å². The third-order valence-corrected chi connectivity index (χ3v) is 3.19. The molecule has 1 aromatic rings. The SMILES string of the molecule is COCCC(C)(C)CNCC(O)c1ccccc1F. The Kier molecular flexibility index (Phi) is 6.42. The van der Waals surface area contributed by atoms with Gasteiger partial charge in [0.25, 0.3) is 0 Å². The second kappa shape index (κ2) is 7.58. The van der Waals surface area contributed by atoms with Gasteiger partial charge in [-0.1, -0.05) is 32.0 Å². The van der Waals surface area contributed by atoms with Crippen LogP contribution in [-0.4, -0.2) is 31.9 Å². The highest BCUT2D eigenvalue weighted by molar-refractivity contribution is 5.19. The van der Waals surface area contributed by atoms with E-state index in [4.69, 9.17) is 4.74 Å². The van der Waals surface area contributed by atoms with Crippen LogP contribution in [0.25, 0.3) is 0 Å². The fourth-order valence-corrected chi connectivity index (χ4v) is 1.87. The molecule has 1 atom stereocenters. The van der Waals surface area contributed by atoms with Crippen molar-refractivity contribution in [1.82, 2.24) is 5.32 Å². The number of aliphatic hydroxyl groups excluding tert-OH is 1. The number of rotatable bonds is 8. The quantitative estimate of drug-likeness (QED) is 0.762. The van der Waals surface area contributed by atoms with Crippen molar-refractivity contribution in [3.05, 3.63) is 35.6 Å². The van der Waals surface area contributed by atoms with Gasteiger partial charge in [-0.3, -0.25) is 0 Å². The smallest absolute Gasteiger partial charge is 0.129 e. The number of aliphatic hydroxyl groups is 1. The van der Waals surface area contributed by atoms with Crippen LogP contribution >= 0.6 is 0 Å². The molecule has 0 saturated carbocycles. The molecule has 108 valence electrons. The first-order chi connectivity index (χ1) is 8.96. The van der Waals surface area contributed by atoms with Crippen molar-refractivity contribution in [1.29, 1.82) is 0 Å². The lowest BCUT2D eigenvalue weighted by molar-refractivity contribution is 0.139. The Bertz CT molecular complexity index is 382. The minimum absolute atomic E-state index is 0.0883. The third-order valence-electron chi connectivity index (χ3n) is 3.19. The number of hydrogen-bond donors (Lipinski definition) is 2. The summed E-state index contributed by atoms with van der Waals surface area (Å²) in [6.45, 7) is 6.08. The highest BCUT2D eigenvalue weighted by Gasteiger charge is 2.18. The van der Waals surface area contributed by atoms with Gasteiger partial charge in [-0.2, -0.15) is 0 Å². The highest BCUT2D eigenvalue weighted by atomic mass is 19.1. The molecule has 0 fully saturated rings. The molecule has 4 heteroatoms. The summed E-state index contributed by atoms with van der Waals surface area (Å²) in [5, 5.41) is 13.1. The lowest BCUT2D eigenvalue weighted by atomic mass is 9.89. The van der Waals surface area contributed by atoms with Gasteiger partial charge in [0.2, 0.25) is 0 Å². The minimum Gasteiger partial charge on any atom is -0.387 e. The molecule has 0 heterocycles. The molecule has 19 heavy (non-hydrogen) atoms. The zero-order valence-corrected chi connectivity index (χ0v) is 11.9. The Morgan fingerprint density at radius 2 is 2.05 bits per heavy atom. The van der Waals surface area contributed by atoms with Crippen molar-refractivity contribution >= 4 is 0 Å². The van der Waals surface area contributed by atoms with Crippen LogP contribution in [0.15, 0.2) is 24.3 Å². The molecular formula is C15H24FNO2. The first-order valence-electron chi connectivity index (χ1n) is 6.58. The van der Waals surface area contributed by atoms with Crippen molar-refractivity contribution in [2.45, 2.75) is 26.4 Å². The zero-order chi connectivity index (χ0) is 14.3. The van der Waals surface area contributed by atoms with Gasteiger partial charge in [0.15, 0.2) is 0 Å². The number of halogens is 1. The largest absolute Gasteiger partial charge is 0.387 e. The molecule has 1 rings (SSSR count). The van der Waals surface area contributed by atoms with Crippen LogP contribution < -0.4 is 5.32 Å². The molecule has 3 nitrogen and oxygen atoms in total. The Hall–Kier alpha value is -0.970. The highest BCUT2D eigenvalue weighted by Crippen LogP contribution is 2.20. The summed E-state index contributed by atoms with van der Waals surface area (Å²) in [4.78, 5) is 0. The molecule has 1 aromatic carbocycles. The maximum atomic E-state index is 13.5. The molecule has 0 saturated heterocycles. The van der Waals surface area contributed by atoms with Crippen LogP contribution in [0.2, 0.25) is 0 Å². The number of hydrogen-bond acceptors (Lipinski definition) is 3. The maximum absolute atomic E-state index is 13.5. The standard InChI is InChI=1S/C15H24FNO2/c1-15(2,8-9-19-3)11-17-10-14(18)12-6-4-5-7-13(12)16/h4-7,14,17-18H,8-11H2,1-3H3. The first kappa shape index (κ1) is 16.1. The van der Waals surface area contributed by atoms with Gasteiger partial charge >= 0.3 is 0 Å². The number of ether oxygens (including phenoxy) is 1. The number of benzene rings is 1. The molecule has 0 aliphatic carbocycles. The summed E-state index contributed by atoms with van der Waals surface area (Å²) in [5.41, 5.74) is 0.426. The molecular weight excluding hydrogens is 245 g/mol. The van der Waals surface area contributed by atoms with Gasteiger partial charge in [-0.15, -0.1) is 0 Å². The van der Waals surface area contributed by atoms with Crippen LogP contribution in [0.3, 0.4) is 0 Å². The molecule has 0 spiro atoms. The molecule has 1 unspecified atom stereocenters. The van der Waals surface area contributed by atoms with Crippen molar-refractivity contribution in [2.75, 3.05) is 26.8 Å². The zero-order valence-electron chi connectivity index (χ0n) is 11.9. The second-order valence-corrected chi connectivity index (χ2v) is 5.58. The van der Waals surface area contributed by atoms with E-state index < -0.39 is 6.10 Å². The van der Waals surface area contributed by atoms with Gasteiger partial charge in [0, 0.05) is 32.4 Å². The fourth-order valence-electron chi connectivity index (χ4n) is 1.87. The van der Waals surface area contributed by atoms with Crippen molar-refractivity contribution in [3.63, 3.8) is 0 Å². The fraction of sp³-hybridized carbons (Fsp3) is 0.600. The van der Waals surface area contributed by atoms with E-state index in [2.05, 4.69) is 19.2 Å². The van der Waals surface area contributed by atoms with Crippen molar-refractivity contribution in [3.8, 4) is 0 Å². The molecule has 0 aliphatic heterocycles. The molecule has 0 aromatic heterocycles. The summed E-state index contributed by atoms with van der Waals surface area (Å²) in [7, 11) is 1.69. The van der Waals surface area contributed by atoms with Crippen LogP contribution in [0.5, 0.6) is 0 Å². The third kappa shape index (κ3) is 5.68. The molecule has 0 radical (unpaired) electrons. The van der Waals surface area contributed by atoms with E-state index >= 15 is 0 Å². The molecule has 0 amide bonds. The van der Waals surface area contributed by atoms with Crippen molar-refractivity contribution < 1.29 is 14.2 Å². The van der Waals surface area contributed by atoms with E-state index in [9.17, 15) is 9.50 Å².